The molecule has 0 aliphatic carbocycles. The van der Waals surface area contributed by atoms with E-state index in [-0.39, 0.29) is 12.1 Å². The Bertz CT molecular complexity index is 1040. The van der Waals surface area contributed by atoms with Gasteiger partial charge in [0.25, 0.3) is 0 Å². The summed E-state index contributed by atoms with van der Waals surface area (Å²) in [7, 11) is 0. The van der Waals surface area contributed by atoms with Crippen molar-refractivity contribution in [1.29, 1.82) is 0 Å². The van der Waals surface area contributed by atoms with Gasteiger partial charge in [0.1, 0.15) is 29.9 Å². The van der Waals surface area contributed by atoms with Crippen molar-refractivity contribution in [3.63, 3.8) is 0 Å². The normalized spacial score (nSPS) is 18.3. The van der Waals surface area contributed by atoms with Gasteiger partial charge in [-0.2, -0.15) is 5.10 Å². The van der Waals surface area contributed by atoms with Crippen LogP contribution in [0.1, 0.15) is 25.3 Å². The minimum absolute atomic E-state index is 0.00688. The Hall–Kier alpha value is -2.36. The molecule has 2 heterocycles. The first kappa shape index (κ1) is 22.8. The highest BCUT2D eigenvalue weighted by atomic mass is 79.9. The van der Waals surface area contributed by atoms with Gasteiger partial charge in [-0.15, -0.1) is 0 Å². The number of rotatable bonds is 7. The van der Waals surface area contributed by atoms with Crippen LogP contribution in [0.25, 0.3) is 0 Å². The van der Waals surface area contributed by atoms with E-state index in [0.717, 1.165) is 42.2 Å². The molecular weight excluding hydrogens is 480 g/mol. The van der Waals surface area contributed by atoms with Gasteiger partial charge in [0, 0.05) is 47.0 Å². The number of halogens is 3. The molecule has 1 aliphatic rings. The number of hydrogen-bond donors (Lipinski definition) is 2. The standard InChI is InChI=1S/C23H26BrF2N5O/c1-16(30-9-7-19(8-10-30)29-20-4-2-3-17(24)11-20)23(32,13-31-15-27-14-28-31)21-6-5-18(25)12-22(21)26/h2-6,11-12,14-16,19,29,32H,7-10,13H2,1H3/t16-,23-/m1/s1. The SMILES string of the molecule is C[C@@H](N1CCC(Nc2cccc(Br)c2)CC1)[C@](O)(Cn1cncn1)c1ccc(F)cc1F. The van der Waals surface area contributed by atoms with Gasteiger partial charge < -0.3 is 10.4 Å². The van der Waals surface area contributed by atoms with Crippen molar-refractivity contribution in [2.24, 2.45) is 0 Å². The first-order valence-corrected chi connectivity index (χ1v) is 11.4. The first-order chi connectivity index (χ1) is 15.3. The van der Waals surface area contributed by atoms with Crippen molar-refractivity contribution in [3.05, 3.63) is 76.8 Å². The second-order valence-electron chi connectivity index (χ2n) is 8.28. The van der Waals surface area contributed by atoms with Gasteiger partial charge in [-0.1, -0.05) is 28.1 Å². The molecule has 6 nitrogen and oxygen atoms in total. The zero-order valence-electron chi connectivity index (χ0n) is 17.8. The van der Waals surface area contributed by atoms with E-state index in [1.54, 1.807) is 0 Å². The lowest BCUT2D eigenvalue weighted by Gasteiger charge is -2.44. The van der Waals surface area contributed by atoms with E-state index in [4.69, 9.17) is 0 Å². The molecule has 3 aromatic rings. The maximum absolute atomic E-state index is 14.8. The van der Waals surface area contributed by atoms with Crippen LogP contribution in [0.4, 0.5) is 14.5 Å². The fourth-order valence-corrected chi connectivity index (χ4v) is 4.79. The van der Waals surface area contributed by atoms with Crippen molar-refractivity contribution in [3.8, 4) is 0 Å². The molecule has 1 saturated heterocycles. The summed E-state index contributed by atoms with van der Waals surface area (Å²) in [5.74, 6) is -1.45. The lowest BCUT2D eigenvalue weighted by Crippen LogP contribution is -2.55. The molecule has 0 radical (unpaired) electrons. The fraction of sp³-hybridized carbons (Fsp3) is 0.391. The van der Waals surface area contributed by atoms with Gasteiger partial charge in [-0.05, 0) is 44.0 Å². The molecule has 1 fully saturated rings. The van der Waals surface area contributed by atoms with Crippen LogP contribution in [0.15, 0.2) is 59.6 Å². The van der Waals surface area contributed by atoms with Crippen LogP contribution < -0.4 is 5.32 Å². The topological polar surface area (TPSA) is 66.2 Å². The highest BCUT2D eigenvalue weighted by Gasteiger charge is 2.42. The molecule has 0 saturated carbocycles. The highest BCUT2D eigenvalue weighted by molar-refractivity contribution is 9.10. The molecule has 1 aromatic heterocycles. The molecule has 1 aliphatic heterocycles. The minimum Gasteiger partial charge on any atom is -0.382 e. The molecular formula is C23H26BrF2N5O. The van der Waals surface area contributed by atoms with Crippen LogP contribution in [-0.2, 0) is 12.1 Å². The highest BCUT2D eigenvalue weighted by Crippen LogP contribution is 2.34. The van der Waals surface area contributed by atoms with Gasteiger partial charge in [0.2, 0.25) is 0 Å². The molecule has 2 aromatic carbocycles. The Labute approximate surface area is 194 Å². The molecule has 0 spiro atoms. The predicted molar refractivity (Wildman–Crippen MR) is 122 cm³/mol. The maximum Gasteiger partial charge on any atom is 0.137 e. The monoisotopic (exact) mass is 505 g/mol. The second kappa shape index (κ2) is 9.64. The van der Waals surface area contributed by atoms with Gasteiger partial charge in [-0.3, -0.25) is 4.90 Å². The van der Waals surface area contributed by atoms with Crippen LogP contribution in [0, 0.1) is 11.6 Å². The van der Waals surface area contributed by atoms with Crippen LogP contribution in [0.3, 0.4) is 0 Å². The summed E-state index contributed by atoms with van der Waals surface area (Å²) in [5, 5.41) is 19.4. The summed E-state index contributed by atoms with van der Waals surface area (Å²) < 4.78 is 30.8. The number of likely N-dealkylation sites (tertiary alicyclic amines) is 1. The summed E-state index contributed by atoms with van der Waals surface area (Å²) in [6.45, 7) is 3.35. The average molecular weight is 506 g/mol. The summed E-state index contributed by atoms with van der Waals surface area (Å²) in [6.07, 6.45) is 4.60. The van der Waals surface area contributed by atoms with E-state index in [2.05, 4.69) is 36.2 Å². The second-order valence-corrected chi connectivity index (χ2v) is 9.20. The van der Waals surface area contributed by atoms with Crippen molar-refractivity contribution in [2.45, 2.75) is 44.0 Å². The molecule has 32 heavy (non-hydrogen) atoms. The third-order valence-electron chi connectivity index (χ3n) is 6.23. The smallest absolute Gasteiger partial charge is 0.137 e. The number of benzene rings is 2. The van der Waals surface area contributed by atoms with Crippen molar-refractivity contribution >= 4 is 21.6 Å². The third kappa shape index (κ3) is 5.00. The number of nitrogens with one attached hydrogen (secondary N) is 1. The molecule has 2 N–H and O–H groups in total. The molecule has 0 amide bonds. The Morgan fingerprint density at radius 1 is 1.22 bits per heavy atom. The zero-order valence-corrected chi connectivity index (χ0v) is 19.3. The van der Waals surface area contributed by atoms with Gasteiger partial charge >= 0.3 is 0 Å². The van der Waals surface area contributed by atoms with E-state index >= 15 is 0 Å². The van der Waals surface area contributed by atoms with Crippen LogP contribution in [0.2, 0.25) is 0 Å². The number of aliphatic hydroxyl groups is 1. The van der Waals surface area contributed by atoms with Gasteiger partial charge in [0.05, 0.1) is 6.54 Å². The fourth-order valence-electron chi connectivity index (χ4n) is 4.39. The minimum atomic E-state index is -1.62. The van der Waals surface area contributed by atoms with Crippen molar-refractivity contribution in [2.75, 3.05) is 18.4 Å². The van der Waals surface area contributed by atoms with Crippen LogP contribution in [-0.4, -0.2) is 49.9 Å². The van der Waals surface area contributed by atoms with Crippen molar-refractivity contribution < 1.29 is 13.9 Å². The van der Waals surface area contributed by atoms with E-state index in [0.29, 0.717) is 6.04 Å². The first-order valence-electron chi connectivity index (χ1n) is 10.6. The van der Waals surface area contributed by atoms with Gasteiger partial charge in [0.15, 0.2) is 0 Å². The lowest BCUT2D eigenvalue weighted by molar-refractivity contribution is -0.0686. The Balaban J connectivity index is 1.51. The molecule has 2 atom stereocenters. The molecule has 170 valence electrons. The van der Waals surface area contributed by atoms with E-state index in [9.17, 15) is 13.9 Å². The summed E-state index contributed by atoms with van der Waals surface area (Å²) >= 11 is 3.49. The number of hydrogen-bond acceptors (Lipinski definition) is 5. The Kier molecular flexibility index (Phi) is 6.88. The average Bonchev–Trinajstić information content (AvgIpc) is 3.26. The number of nitrogens with zero attached hydrogens (tertiary/aromatic N) is 4. The largest absolute Gasteiger partial charge is 0.382 e. The van der Waals surface area contributed by atoms with E-state index < -0.39 is 23.3 Å². The Morgan fingerprint density at radius 3 is 2.66 bits per heavy atom. The zero-order chi connectivity index (χ0) is 22.7. The molecule has 0 unspecified atom stereocenters. The van der Waals surface area contributed by atoms with E-state index in [1.807, 2.05) is 31.2 Å². The van der Waals surface area contributed by atoms with Crippen LogP contribution in [0.5, 0.6) is 0 Å². The third-order valence-corrected chi connectivity index (χ3v) is 6.72. The predicted octanol–water partition coefficient (Wildman–Crippen LogP) is 4.17. The van der Waals surface area contributed by atoms with Gasteiger partial charge in [-0.25, -0.2) is 18.4 Å². The summed E-state index contributed by atoms with van der Waals surface area (Å²) in [6, 6.07) is 11.2. The van der Waals surface area contributed by atoms with Crippen LogP contribution >= 0.6 is 15.9 Å². The molecule has 4 rings (SSSR count). The number of anilines is 1. The summed E-state index contributed by atoms with van der Waals surface area (Å²) in [5.41, 5.74) is -0.506. The molecule has 9 heteroatoms. The maximum atomic E-state index is 14.8. The number of piperidine rings is 1. The quantitative estimate of drug-likeness (QED) is 0.504. The Morgan fingerprint density at radius 2 is 2.00 bits per heavy atom. The summed E-state index contributed by atoms with van der Waals surface area (Å²) in [4.78, 5) is 6.08. The molecule has 0 bridgehead atoms. The number of aromatic nitrogens is 3. The van der Waals surface area contributed by atoms with E-state index in [1.165, 1.54) is 29.5 Å². The lowest BCUT2D eigenvalue weighted by atomic mass is 9.84. The van der Waals surface area contributed by atoms with Crippen molar-refractivity contribution in [1.82, 2.24) is 19.7 Å².